The normalized spacial score (nSPS) is 26.9. The highest BCUT2D eigenvalue weighted by Gasteiger charge is 2.58. The molecule has 3 unspecified atom stereocenters. The summed E-state index contributed by atoms with van der Waals surface area (Å²) in [6, 6.07) is 0.255. The number of aliphatic hydroxyl groups excluding tert-OH is 2. The van der Waals surface area contributed by atoms with Crippen molar-refractivity contribution >= 4 is 42.0 Å². The number of nitrogen functional groups attached to an aromatic ring is 1. The molecule has 0 bridgehead atoms. The van der Waals surface area contributed by atoms with Gasteiger partial charge in [-0.15, -0.1) is 0 Å². The van der Waals surface area contributed by atoms with E-state index in [1.165, 1.54) is 13.0 Å². The summed E-state index contributed by atoms with van der Waals surface area (Å²) in [5.41, 5.74) is 3.90. The molecule has 2 rings (SSSR count). The van der Waals surface area contributed by atoms with E-state index < -0.39 is 61.4 Å². The Hall–Kier alpha value is -1.13. The molecule has 39 heavy (non-hydrogen) atoms. The molecule has 0 spiro atoms. The van der Waals surface area contributed by atoms with E-state index in [0.717, 1.165) is 18.0 Å². The molecule has 17 heteroatoms. The van der Waals surface area contributed by atoms with E-state index in [2.05, 4.69) is 10.1 Å². The molecule has 1 aliphatic heterocycles. The van der Waals surface area contributed by atoms with Crippen LogP contribution in [0.2, 0.25) is 0 Å². The minimum absolute atomic E-state index is 0.105. The summed E-state index contributed by atoms with van der Waals surface area (Å²) in [7, 11) is -4.27. The molecule has 0 radical (unpaired) electrons. The number of aliphatic hydroxyl groups is 2. The molecule has 0 aromatic carbocycles. The highest BCUT2D eigenvalue weighted by molar-refractivity contribution is 8.13. The van der Waals surface area contributed by atoms with E-state index in [1.54, 1.807) is 34.6 Å². The Morgan fingerprint density at radius 2 is 2.05 bits per heavy atom. The van der Waals surface area contributed by atoms with Gasteiger partial charge in [-0.1, -0.05) is 44.1 Å². The fourth-order valence-corrected chi connectivity index (χ4v) is 5.94. The van der Waals surface area contributed by atoms with Gasteiger partial charge in [-0.2, -0.15) is 4.98 Å². The zero-order valence-electron chi connectivity index (χ0n) is 22.6. The lowest BCUT2D eigenvalue weighted by Gasteiger charge is -2.28. The van der Waals surface area contributed by atoms with Gasteiger partial charge in [0.25, 0.3) is 5.13 Å². The number of nitrogens with one attached hydrogen (secondary N) is 1. The minimum Gasteiger partial charge on any atom is -0.385 e. The third-order valence-corrected chi connectivity index (χ3v) is 8.67. The lowest BCUT2D eigenvalue weighted by molar-refractivity contribution is -0.138. The number of rotatable bonds is 13. The number of nitrogens with two attached hydrogens (primary N) is 1. The van der Waals surface area contributed by atoms with Crippen LogP contribution in [-0.2, 0) is 27.9 Å². The van der Waals surface area contributed by atoms with E-state index in [1.807, 2.05) is 0 Å². The van der Waals surface area contributed by atoms with Gasteiger partial charge in [-0.3, -0.25) is 18.4 Å². The van der Waals surface area contributed by atoms with E-state index >= 15 is 4.39 Å². The summed E-state index contributed by atoms with van der Waals surface area (Å²) in [5, 5.41) is 20.2. The first kappa shape index (κ1) is 34.1. The molecular formula is C22H37ClFN4O9PS. The smallest absolute Gasteiger partial charge is 0.385 e. The summed E-state index contributed by atoms with van der Waals surface area (Å²) in [5.74, 6) is 0.0235. The second kappa shape index (κ2) is 13.7. The number of carbonyl (C=O) groups is 1. The van der Waals surface area contributed by atoms with Gasteiger partial charge in [0.15, 0.2) is 17.6 Å². The third-order valence-electron chi connectivity index (χ3n) is 5.28. The molecule has 5 N–H and O–H groups in total. The lowest BCUT2D eigenvalue weighted by atomic mass is 10.00. The van der Waals surface area contributed by atoms with Crippen molar-refractivity contribution in [2.45, 2.75) is 83.5 Å². The number of hydrogen-bond donors (Lipinski definition) is 4. The molecule has 1 aromatic heterocycles. The van der Waals surface area contributed by atoms with Crippen molar-refractivity contribution in [3.8, 4) is 0 Å². The van der Waals surface area contributed by atoms with Crippen molar-refractivity contribution in [2.75, 3.05) is 24.7 Å². The first-order chi connectivity index (χ1) is 17.9. The number of aromatic nitrogens is 2. The predicted molar refractivity (Wildman–Crippen MR) is 144 cm³/mol. The monoisotopic (exact) mass is 618 g/mol. The lowest BCUT2D eigenvalue weighted by Crippen LogP contribution is -2.42. The average molecular weight is 619 g/mol. The highest BCUT2D eigenvalue weighted by atomic mass is 35.5. The number of thioether (sulfide) groups is 1. The third kappa shape index (κ3) is 9.45. The van der Waals surface area contributed by atoms with Crippen LogP contribution in [0.1, 0.15) is 47.8 Å². The van der Waals surface area contributed by atoms with Crippen LogP contribution in [0.3, 0.4) is 0 Å². The van der Waals surface area contributed by atoms with Crippen LogP contribution in [-0.4, -0.2) is 79.6 Å². The van der Waals surface area contributed by atoms with E-state index in [4.69, 9.17) is 35.9 Å². The molecular weight excluding hydrogens is 582 g/mol. The summed E-state index contributed by atoms with van der Waals surface area (Å²) in [6.45, 7) is 9.23. The van der Waals surface area contributed by atoms with Crippen LogP contribution in [0.4, 0.5) is 10.2 Å². The van der Waals surface area contributed by atoms with Crippen molar-refractivity contribution in [3.05, 3.63) is 22.7 Å². The Morgan fingerprint density at radius 3 is 2.62 bits per heavy atom. The Labute approximate surface area is 235 Å². The number of ether oxygens (including phenoxy) is 2. The van der Waals surface area contributed by atoms with Crippen LogP contribution in [0.25, 0.3) is 0 Å². The first-order valence-electron chi connectivity index (χ1n) is 12.1. The quantitative estimate of drug-likeness (QED) is 0.109. The number of alkyl halides is 2. The molecule has 2 heterocycles. The minimum atomic E-state index is -4.27. The predicted octanol–water partition coefficient (Wildman–Crippen LogP) is 2.16. The van der Waals surface area contributed by atoms with Crippen LogP contribution in [0.5, 0.6) is 0 Å². The maximum absolute atomic E-state index is 15.3. The largest absolute Gasteiger partial charge is 0.406 e. The fraction of sp³-hybridized carbons (Fsp3) is 0.773. The molecule has 13 nitrogen and oxygen atoms in total. The number of nitrogens with zero attached hydrogens (tertiary/aromatic N) is 2. The number of anilines is 1. The number of halogens is 2. The summed E-state index contributed by atoms with van der Waals surface area (Å²) >= 11 is 6.88. The molecule has 224 valence electrons. The van der Waals surface area contributed by atoms with Crippen molar-refractivity contribution in [2.24, 2.45) is 5.41 Å². The van der Waals surface area contributed by atoms with Gasteiger partial charge in [0, 0.05) is 17.4 Å². The van der Waals surface area contributed by atoms with E-state index in [9.17, 15) is 24.4 Å². The zero-order valence-corrected chi connectivity index (χ0v) is 25.0. The molecule has 0 amide bonds. The fourth-order valence-electron chi connectivity index (χ4n) is 3.21. The highest BCUT2D eigenvalue weighted by Crippen LogP contribution is 2.48. The van der Waals surface area contributed by atoms with Crippen molar-refractivity contribution < 1.29 is 42.5 Å². The van der Waals surface area contributed by atoms with Crippen LogP contribution in [0.15, 0.2) is 17.1 Å². The van der Waals surface area contributed by atoms with Crippen LogP contribution >= 0.6 is 31.1 Å². The van der Waals surface area contributed by atoms with E-state index in [-0.39, 0.29) is 29.4 Å². The van der Waals surface area contributed by atoms with Gasteiger partial charge < -0.3 is 25.4 Å². The Bertz CT molecular complexity index is 1090. The maximum Gasteiger partial charge on any atom is 0.406 e. The van der Waals surface area contributed by atoms with E-state index in [0.29, 0.717) is 4.57 Å². The Balaban J connectivity index is 2.15. The SMILES string of the molecule is CC(C)OC(O)C(C)NP(=O)(OCCSC(=O)C(C)(C)C)OC[C@H]1O[C@@H](n2ccc(N)nc2=O)[C@](F)(Cl)[C@@H]1O. The van der Waals surface area contributed by atoms with Gasteiger partial charge in [0.05, 0.1) is 25.4 Å². The summed E-state index contributed by atoms with van der Waals surface area (Å²) in [4.78, 5) is 27.8. The first-order valence-corrected chi connectivity index (χ1v) is 15.0. The second-order valence-electron chi connectivity index (χ2n) is 10.2. The van der Waals surface area contributed by atoms with Crippen molar-refractivity contribution in [1.29, 1.82) is 0 Å². The molecule has 7 atom stereocenters. The number of hydrogen-bond acceptors (Lipinski definition) is 12. The topological polar surface area (TPSA) is 184 Å². The number of carbonyl (C=O) groups excluding carboxylic acids is 1. The maximum atomic E-state index is 15.3. The van der Waals surface area contributed by atoms with Gasteiger partial charge in [0.1, 0.15) is 18.0 Å². The molecule has 1 fully saturated rings. The Kier molecular flexibility index (Phi) is 12.0. The molecule has 1 saturated heterocycles. The zero-order chi connectivity index (χ0) is 29.8. The van der Waals surface area contributed by atoms with Crippen LogP contribution < -0.4 is 16.5 Å². The molecule has 1 aliphatic rings. The molecule has 1 aromatic rings. The second-order valence-corrected chi connectivity index (χ2v) is 13.6. The summed E-state index contributed by atoms with van der Waals surface area (Å²) < 4.78 is 51.2. The average Bonchev–Trinajstić information content (AvgIpc) is 3.03. The van der Waals surface area contributed by atoms with Gasteiger partial charge in [-0.05, 0) is 26.8 Å². The van der Waals surface area contributed by atoms with Gasteiger partial charge in [0.2, 0.25) is 0 Å². The summed E-state index contributed by atoms with van der Waals surface area (Å²) in [6.07, 6.45) is -5.97. The molecule has 0 aliphatic carbocycles. The standard InChI is InChI=1S/C22H37ClFN4O9PS/c1-12(2)36-17(30)13(3)27-38(33,34-9-10-39-19(31)21(4,5)6)35-11-14-16(29)22(23,24)18(37-14)28-8-7-15(25)26-20(28)32/h7-8,12-14,16-18,29-30H,9-11H2,1-6H3,(H,27,33)(H2,25,26,32)/t13?,14-,16-,17?,18-,22+,38?/m1/s1. The van der Waals surface area contributed by atoms with Gasteiger partial charge in [-0.25, -0.2) is 18.8 Å². The van der Waals surface area contributed by atoms with Crippen LogP contribution in [0, 0.1) is 5.41 Å². The van der Waals surface area contributed by atoms with Gasteiger partial charge >= 0.3 is 13.4 Å². The Morgan fingerprint density at radius 1 is 1.41 bits per heavy atom. The van der Waals surface area contributed by atoms with Crippen molar-refractivity contribution in [3.63, 3.8) is 0 Å². The van der Waals surface area contributed by atoms with Crippen molar-refractivity contribution in [1.82, 2.24) is 14.6 Å². The molecule has 0 saturated carbocycles.